The number of carbonyl (C=O) groups excluding carboxylic acids is 3. The van der Waals surface area contributed by atoms with E-state index in [1.165, 1.54) is 42.1 Å². The minimum Gasteiger partial charge on any atom is -0.324 e. The van der Waals surface area contributed by atoms with Crippen LogP contribution in [0.25, 0.3) is 6.08 Å². The molecule has 0 bridgehead atoms. The smallest absolute Gasteiger partial charge is 0.272 e. The highest BCUT2D eigenvalue weighted by Crippen LogP contribution is 2.26. The molecule has 10 heteroatoms. The number of amides is 3. The number of nitrogens with one attached hydrogen (secondary N) is 3. The van der Waals surface area contributed by atoms with Crippen molar-refractivity contribution in [1.82, 2.24) is 5.32 Å². The first-order valence-electron chi connectivity index (χ1n) is 11.9. The Balaban J connectivity index is 1.40. The average molecular weight is 594 g/mol. The quantitative estimate of drug-likeness (QED) is 0.141. The predicted molar refractivity (Wildman–Crippen MR) is 159 cm³/mol. The molecule has 4 aromatic rings. The molecular weight excluding hydrogens is 572 g/mol. The number of hydrogen-bond acceptors (Lipinski definition) is 4. The maximum absolute atomic E-state index is 13.4. The normalized spacial score (nSPS) is 11.0. The fraction of sp³-hybridized carbons (Fsp3) is 0.0333. The fourth-order valence-electron chi connectivity index (χ4n) is 3.43. The third-order valence-corrected chi connectivity index (χ3v) is 6.97. The lowest BCUT2D eigenvalue weighted by Crippen LogP contribution is -2.30. The van der Waals surface area contributed by atoms with E-state index in [9.17, 15) is 18.8 Å². The van der Waals surface area contributed by atoms with Crippen LogP contribution in [0.2, 0.25) is 10.0 Å². The van der Waals surface area contributed by atoms with Crippen LogP contribution < -0.4 is 16.0 Å². The molecule has 0 saturated carbocycles. The maximum Gasteiger partial charge on any atom is 0.272 e. The zero-order chi connectivity index (χ0) is 28.5. The maximum atomic E-state index is 13.4. The van der Waals surface area contributed by atoms with Gasteiger partial charge in [-0.15, -0.1) is 11.8 Å². The van der Waals surface area contributed by atoms with E-state index in [0.29, 0.717) is 32.5 Å². The highest BCUT2D eigenvalue weighted by Gasteiger charge is 2.15. The van der Waals surface area contributed by atoms with E-state index in [4.69, 9.17) is 23.2 Å². The van der Waals surface area contributed by atoms with E-state index in [0.717, 1.165) is 4.90 Å². The molecule has 6 nitrogen and oxygen atoms in total. The molecule has 0 fully saturated rings. The van der Waals surface area contributed by atoms with Crippen LogP contribution >= 0.6 is 35.0 Å². The van der Waals surface area contributed by atoms with Crippen LogP contribution in [-0.2, 0) is 9.59 Å². The van der Waals surface area contributed by atoms with Crippen LogP contribution in [0.1, 0.15) is 15.9 Å². The highest BCUT2D eigenvalue weighted by atomic mass is 35.5. The van der Waals surface area contributed by atoms with Crippen molar-refractivity contribution in [3.8, 4) is 0 Å². The Kier molecular flexibility index (Phi) is 9.96. The number of anilines is 2. The van der Waals surface area contributed by atoms with Gasteiger partial charge in [0.2, 0.25) is 5.91 Å². The zero-order valence-corrected chi connectivity index (χ0v) is 23.1. The van der Waals surface area contributed by atoms with Crippen molar-refractivity contribution in [1.29, 1.82) is 0 Å². The molecule has 0 aliphatic rings. The highest BCUT2D eigenvalue weighted by molar-refractivity contribution is 8.00. The zero-order valence-electron chi connectivity index (χ0n) is 20.8. The lowest BCUT2D eigenvalue weighted by Gasteiger charge is -2.12. The van der Waals surface area contributed by atoms with Gasteiger partial charge in [0.25, 0.3) is 11.8 Å². The standard InChI is InChI=1S/C30H22Cl2FN3O3S/c31-21-8-15-25(32)26(17-21)35-28(37)18-40-24-13-11-23(12-14-24)34-30(39)27(16-19-6-9-22(33)10-7-19)36-29(38)20-4-2-1-3-5-20/h1-17H,18H2,(H,34,39)(H,35,37)(H,36,38)/b27-16-. The predicted octanol–water partition coefficient (Wildman–Crippen LogP) is 7.27. The Hall–Kier alpha value is -4.11. The van der Waals surface area contributed by atoms with Gasteiger partial charge in [-0.25, -0.2) is 4.39 Å². The van der Waals surface area contributed by atoms with Gasteiger partial charge in [0.05, 0.1) is 16.5 Å². The molecule has 3 N–H and O–H groups in total. The summed E-state index contributed by atoms with van der Waals surface area (Å²) < 4.78 is 13.4. The van der Waals surface area contributed by atoms with E-state index in [-0.39, 0.29) is 17.4 Å². The van der Waals surface area contributed by atoms with Crippen molar-refractivity contribution in [2.24, 2.45) is 0 Å². The molecule has 0 unspecified atom stereocenters. The summed E-state index contributed by atoms with van der Waals surface area (Å²) >= 11 is 13.4. The van der Waals surface area contributed by atoms with Gasteiger partial charge < -0.3 is 16.0 Å². The van der Waals surface area contributed by atoms with Crippen molar-refractivity contribution in [2.45, 2.75) is 4.90 Å². The Morgan fingerprint density at radius 2 is 1.52 bits per heavy atom. The van der Waals surface area contributed by atoms with Crippen molar-refractivity contribution < 1.29 is 18.8 Å². The second kappa shape index (κ2) is 13.8. The molecule has 202 valence electrons. The van der Waals surface area contributed by atoms with Gasteiger partial charge in [-0.05, 0) is 78.4 Å². The summed E-state index contributed by atoms with van der Waals surface area (Å²) in [7, 11) is 0. The fourth-order valence-corrected chi connectivity index (χ4v) is 4.46. The first kappa shape index (κ1) is 28.9. The van der Waals surface area contributed by atoms with Gasteiger partial charge >= 0.3 is 0 Å². The summed E-state index contributed by atoms with van der Waals surface area (Å²) in [4.78, 5) is 39.0. The van der Waals surface area contributed by atoms with E-state index in [2.05, 4.69) is 16.0 Å². The summed E-state index contributed by atoms with van der Waals surface area (Å²) in [6.07, 6.45) is 1.46. The van der Waals surface area contributed by atoms with Crippen LogP contribution in [0.15, 0.2) is 108 Å². The monoisotopic (exact) mass is 593 g/mol. The lowest BCUT2D eigenvalue weighted by atomic mass is 10.1. The number of rotatable bonds is 9. The van der Waals surface area contributed by atoms with Gasteiger partial charge in [0, 0.05) is 21.2 Å². The third kappa shape index (κ3) is 8.44. The van der Waals surface area contributed by atoms with Crippen LogP contribution in [0.3, 0.4) is 0 Å². The molecular formula is C30H22Cl2FN3O3S. The molecule has 0 spiro atoms. The number of carbonyl (C=O) groups is 3. The van der Waals surface area contributed by atoms with E-state index in [1.807, 2.05) is 0 Å². The van der Waals surface area contributed by atoms with Crippen molar-refractivity contribution in [3.63, 3.8) is 0 Å². The first-order valence-corrected chi connectivity index (χ1v) is 13.6. The van der Waals surface area contributed by atoms with Gasteiger partial charge in [-0.2, -0.15) is 0 Å². The minimum absolute atomic E-state index is 0.0183. The van der Waals surface area contributed by atoms with Gasteiger partial charge in [0.1, 0.15) is 11.5 Å². The molecule has 0 aliphatic carbocycles. The van der Waals surface area contributed by atoms with Gasteiger partial charge in [-0.1, -0.05) is 53.5 Å². The second-order valence-electron chi connectivity index (χ2n) is 8.37. The number of benzene rings is 4. The second-order valence-corrected chi connectivity index (χ2v) is 10.3. The number of thioether (sulfide) groups is 1. The van der Waals surface area contributed by atoms with Crippen LogP contribution in [0, 0.1) is 5.82 Å². The molecule has 0 aliphatic heterocycles. The molecule has 40 heavy (non-hydrogen) atoms. The Morgan fingerprint density at radius 3 is 2.23 bits per heavy atom. The van der Waals surface area contributed by atoms with E-state index in [1.54, 1.807) is 72.8 Å². The first-order chi connectivity index (χ1) is 19.3. The summed E-state index contributed by atoms with van der Waals surface area (Å²) in [5.74, 6) is -1.57. The largest absolute Gasteiger partial charge is 0.324 e. The van der Waals surface area contributed by atoms with Crippen LogP contribution in [0.4, 0.5) is 15.8 Å². The molecule has 0 atom stereocenters. The molecule has 0 saturated heterocycles. The van der Waals surface area contributed by atoms with Gasteiger partial charge in [-0.3, -0.25) is 14.4 Å². The molecule has 0 radical (unpaired) electrons. The average Bonchev–Trinajstić information content (AvgIpc) is 2.96. The molecule has 0 aromatic heterocycles. The summed E-state index contributed by atoms with van der Waals surface area (Å²) in [5, 5.41) is 8.96. The number of hydrogen-bond donors (Lipinski definition) is 3. The summed E-state index contributed by atoms with van der Waals surface area (Å²) in [6.45, 7) is 0. The Labute approximate surface area is 244 Å². The van der Waals surface area contributed by atoms with Crippen molar-refractivity contribution in [3.05, 3.63) is 130 Å². The lowest BCUT2D eigenvalue weighted by molar-refractivity contribution is -0.114. The molecule has 4 rings (SSSR count). The van der Waals surface area contributed by atoms with Crippen LogP contribution in [0.5, 0.6) is 0 Å². The van der Waals surface area contributed by atoms with E-state index >= 15 is 0 Å². The topological polar surface area (TPSA) is 87.3 Å². The molecule has 4 aromatic carbocycles. The SMILES string of the molecule is O=C(CSc1ccc(NC(=O)/C(=C/c2ccc(F)cc2)NC(=O)c2ccccc2)cc1)Nc1cc(Cl)ccc1Cl. The minimum atomic E-state index is -0.563. The third-order valence-electron chi connectivity index (χ3n) is 5.39. The van der Waals surface area contributed by atoms with Crippen LogP contribution in [-0.4, -0.2) is 23.5 Å². The molecule has 3 amide bonds. The molecule has 0 heterocycles. The van der Waals surface area contributed by atoms with Gasteiger partial charge in [0.15, 0.2) is 0 Å². The van der Waals surface area contributed by atoms with E-state index < -0.39 is 17.6 Å². The summed E-state index contributed by atoms with van der Waals surface area (Å²) in [5.41, 5.74) is 1.80. The summed E-state index contributed by atoms with van der Waals surface area (Å²) in [6, 6.07) is 25.7. The Morgan fingerprint density at radius 1 is 0.825 bits per heavy atom. The Bertz CT molecular complexity index is 1550. The number of halogens is 3. The van der Waals surface area contributed by atoms with Crippen molar-refractivity contribution in [2.75, 3.05) is 16.4 Å². The van der Waals surface area contributed by atoms with Crippen molar-refractivity contribution >= 4 is 70.1 Å².